The van der Waals surface area contributed by atoms with E-state index in [0.717, 1.165) is 39.3 Å². The van der Waals surface area contributed by atoms with Crippen LogP contribution in [-0.2, 0) is 20.0 Å². The maximum atomic E-state index is 14.2. The first kappa shape index (κ1) is 27.8. The molecule has 1 amide bonds. The molecule has 0 aliphatic carbocycles. The number of rotatable bonds is 7. The van der Waals surface area contributed by atoms with E-state index in [9.17, 15) is 14.9 Å². The first-order valence-electron chi connectivity index (χ1n) is 13.8. The third-order valence-corrected chi connectivity index (χ3v) is 7.78. The number of nitrogens with zero attached hydrogens (tertiary/aromatic N) is 6. The maximum absolute atomic E-state index is 14.2. The number of imidazole rings is 1. The van der Waals surface area contributed by atoms with Crippen LogP contribution in [0.5, 0.6) is 5.75 Å². The van der Waals surface area contributed by atoms with Crippen molar-refractivity contribution in [3.05, 3.63) is 98.2 Å². The molecule has 0 spiro atoms. The molecule has 5 rings (SSSR count). The largest absolute Gasteiger partial charge is 0.492 e. The Labute approximate surface area is 239 Å². The van der Waals surface area contributed by atoms with Crippen molar-refractivity contribution in [1.82, 2.24) is 24.0 Å². The minimum Gasteiger partial charge on any atom is -0.492 e. The quantitative estimate of drug-likeness (QED) is 0.332. The molecule has 3 aromatic heterocycles. The standard InChI is InChI=1S/C32H34N6O3/c1-7-41-30-13-29(34-15-24(30)14-33)21(4)38-9-8-25-26(28-18-36(6)31(39)10-19(28)2)11-23(12-27(25)32(38)40)17-37-16-20(3)35-22(37)5/h10-13,15-16,18,21H,7-9,17H2,1-6H3. The molecular weight excluding hydrogens is 516 g/mol. The van der Waals surface area contributed by atoms with E-state index in [1.165, 1.54) is 6.20 Å². The van der Waals surface area contributed by atoms with Crippen molar-refractivity contribution in [2.45, 2.75) is 53.6 Å². The molecule has 0 bridgehead atoms. The van der Waals surface area contributed by atoms with Gasteiger partial charge in [-0.05, 0) is 75.4 Å². The minimum absolute atomic E-state index is 0.0711. The number of hydrogen-bond donors (Lipinski definition) is 0. The van der Waals surface area contributed by atoms with Gasteiger partial charge in [0.15, 0.2) is 0 Å². The van der Waals surface area contributed by atoms with Gasteiger partial charge in [-0.2, -0.15) is 5.26 Å². The van der Waals surface area contributed by atoms with Crippen LogP contribution in [0.4, 0.5) is 0 Å². The lowest BCUT2D eigenvalue weighted by atomic mass is 9.86. The van der Waals surface area contributed by atoms with Gasteiger partial charge < -0.3 is 18.8 Å². The second-order valence-corrected chi connectivity index (χ2v) is 10.6. The molecule has 0 saturated carbocycles. The van der Waals surface area contributed by atoms with Gasteiger partial charge in [-0.15, -0.1) is 0 Å². The molecule has 1 atom stereocenters. The summed E-state index contributed by atoms with van der Waals surface area (Å²) in [5.41, 5.74) is 7.28. The summed E-state index contributed by atoms with van der Waals surface area (Å²) >= 11 is 0. The molecule has 210 valence electrons. The lowest BCUT2D eigenvalue weighted by molar-refractivity contribution is 0.0669. The van der Waals surface area contributed by atoms with Crippen LogP contribution in [0.3, 0.4) is 0 Å². The Hall–Kier alpha value is -4.71. The Kier molecular flexibility index (Phi) is 7.50. The zero-order valence-corrected chi connectivity index (χ0v) is 24.4. The molecule has 9 heteroatoms. The van der Waals surface area contributed by atoms with E-state index >= 15 is 0 Å². The van der Waals surface area contributed by atoms with Crippen LogP contribution in [0.25, 0.3) is 11.1 Å². The van der Waals surface area contributed by atoms with Crippen molar-refractivity contribution in [2.24, 2.45) is 7.05 Å². The summed E-state index contributed by atoms with van der Waals surface area (Å²) in [6.45, 7) is 11.2. The van der Waals surface area contributed by atoms with Gasteiger partial charge in [-0.3, -0.25) is 14.6 Å². The van der Waals surface area contributed by atoms with Crippen molar-refractivity contribution in [1.29, 1.82) is 5.26 Å². The molecule has 1 unspecified atom stereocenters. The Morgan fingerprint density at radius 3 is 2.51 bits per heavy atom. The SMILES string of the molecule is CCOc1cc(C(C)N2CCc3c(cc(Cn4cc(C)nc4C)cc3-c3cn(C)c(=O)cc3C)C2=O)ncc1C#N. The van der Waals surface area contributed by atoms with Gasteiger partial charge in [0.2, 0.25) is 0 Å². The molecule has 1 aromatic carbocycles. The number of hydrogen-bond acceptors (Lipinski definition) is 6. The predicted molar refractivity (Wildman–Crippen MR) is 156 cm³/mol. The predicted octanol–water partition coefficient (Wildman–Crippen LogP) is 4.65. The fraction of sp³-hybridized carbons (Fsp3) is 0.344. The van der Waals surface area contributed by atoms with Crippen molar-refractivity contribution < 1.29 is 9.53 Å². The summed E-state index contributed by atoms with van der Waals surface area (Å²) in [4.78, 5) is 37.4. The van der Waals surface area contributed by atoms with Gasteiger partial charge in [0.05, 0.1) is 24.0 Å². The Morgan fingerprint density at radius 2 is 1.83 bits per heavy atom. The third kappa shape index (κ3) is 5.25. The summed E-state index contributed by atoms with van der Waals surface area (Å²) in [5, 5.41) is 9.44. The van der Waals surface area contributed by atoms with Crippen molar-refractivity contribution in [3.63, 3.8) is 0 Å². The van der Waals surface area contributed by atoms with Crippen LogP contribution in [-0.4, -0.2) is 43.1 Å². The Morgan fingerprint density at radius 1 is 1.07 bits per heavy atom. The molecule has 4 heterocycles. The van der Waals surface area contributed by atoms with Gasteiger partial charge in [0.1, 0.15) is 23.2 Å². The van der Waals surface area contributed by atoms with Crippen molar-refractivity contribution in [3.8, 4) is 22.9 Å². The highest BCUT2D eigenvalue weighted by atomic mass is 16.5. The number of amides is 1. The molecule has 9 nitrogen and oxygen atoms in total. The topological polar surface area (TPSA) is 106 Å². The maximum Gasteiger partial charge on any atom is 0.254 e. The first-order chi connectivity index (χ1) is 19.6. The van der Waals surface area contributed by atoms with E-state index < -0.39 is 0 Å². The van der Waals surface area contributed by atoms with Gasteiger partial charge in [-0.1, -0.05) is 0 Å². The average molecular weight is 551 g/mol. The molecule has 1 aliphatic rings. The van der Waals surface area contributed by atoms with Crippen LogP contribution in [0.2, 0.25) is 0 Å². The lowest BCUT2D eigenvalue weighted by Gasteiger charge is -2.35. The summed E-state index contributed by atoms with van der Waals surface area (Å²) in [5.74, 6) is 1.29. The normalized spacial score (nSPS) is 13.6. The summed E-state index contributed by atoms with van der Waals surface area (Å²) in [6, 6.07) is 9.32. The highest BCUT2D eigenvalue weighted by molar-refractivity contribution is 5.99. The smallest absolute Gasteiger partial charge is 0.254 e. The van der Waals surface area contributed by atoms with E-state index in [-0.39, 0.29) is 17.5 Å². The Balaban J connectivity index is 1.60. The van der Waals surface area contributed by atoms with Gasteiger partial charge >= 0.3 is 0 Å². The monoisotopic (exact) mass is 550 g/mol. The van der Waals surface area contributed by atoms with Crippen molar-refractivity contribution in [2.75, 3.05) is 13.2 Å². The number of pyridine rings is 2. The molecule has 0 fully saturated rings. The molecule has 0 N–H and O–H groups in total. The number of nitriles is 1. The zero-order valence-electron chi connectivity index (χ0n) is 24.4. The van der Waals surface area contributed by atoms with E-state index in [1.54, 1.807) is 23.7 Å². The van der Waals surface area contributed by atoms with Crippen LogP contribution >= 0.6 is 0 Å². The molecular formula is C32H34N6O3. The number of aryl methyl sites for hydroxylation is 4. The summed E-state index contributed by atoms with van der Waals surface area (Å²) in [6.07, 6.45) is 6.03. The highest BCUT2D eigenvalue weighted by Crippen LogP contribution is 2.36. The van der Waals surface area contributed by atoms with E-state index in [1.807, 2.05) is 58.0 Å². The van der Waals surface area contributed by atoms with Crippen LogP contribution in [0, 0.1) is 32.1 Å². The molecule has 41 heavy (non-hydrogen) atoms. The number of ether oxygens (including phenoxy) is 1. The number of carbonyl (C=O) groups is 1. The second-order valence-electron chi connectivity index (χ2n) is 10.6. The summed E-state index contributed by atoms with van der Waals surface area (Å²) < 4.78 is 9.33. The van der Waals surface area contributed by atoms with Crippen molar-refractivity contribution >= 4 is 5.91 Å². The van der Waals surface area contributed by atoms with Crippen LogP contribution < -0.4 is 10.3 Å². The van der Waals surface area contributed by atoms with Gasteiger partial charge in [0, 0.05) is 62.0 Å². The van der Waals surface area contributed by atoms with Crippen LogP contribution in [0.15, 0.2) is 47.7 Å². The summed E-state index contributed by atoms with van der Waals surface area (Å²) in [7, 11) is 1.74. The third-order valence-electron chi connectivity index (χ3n) is 7.78. The van der Waals surface area contributed by atoms with Gasteiger partial charge in [-0.25, -0.2) is 4.98 Å². The minimum atomic E-state index is -0.326. The molecule has 4 aromatic rings. The van der Waals surface area contributed by atoms with E-state index in [4.69, 9.17) is 4.74 Å². The van der Waals surface area contributed by atoms with Crippen LogP contribution in [0.1, 0.15) is 69.7 Å². The fourth-order valence-electron chi connectivity index (χ4n) is 5.61. The Bertz CT molecular complexity index is 1760. The average Bonchev–Trinajstić information content (AvgIpc) is 3.26. The van der Waals surface area contributed by atoms with E-state index in [2.05, 4.69) is 26.7 Å². The molecule has 0 saturated heterocycles. The lowest BCUT2D eigenvalue weighted by Crippen LogP contribution is -2.40. The number of benzene rings is 1. The van der Waals surface area contributed by atoms with E-state index in [0.29, 0.717) is 48.7 Å². The number of aromatic nitrogens is 4. The molecule has 0 radical (unpaired) electrons. The number of carbonyl (C=O) groups excluding carboxylic acids is 1. The molecule has 1 aliphatic heterocycles. The highest BCUT2D eigenvalue weighted by Gasteiger charge is 2.32. The first-order valence-corrected chi connectivity index (χ1v) is 13.8. The zero-order chi connectivity index (χ0) is 29.4. The fourth-order valence-corrected chi connectivity index (χ4v) is 5.61. The second kappa shape index (κ2) is 11.0. The number of fused-ring (bicyclic) bond motifs is 1. The van der Waals surface area contributed by atoms with Gasteiger partial charge in [0.25, 0.3) is 11.5 Å².